The summed E-state index contributed by atoms with van der Waals surface area (Å²) in [5.74, 6) is -2.18. The molecule has 206 valence electrons. The van der Waals surface area contributed by atoms with Crippen molar-refractivity contribution in [2.24, 2.45) is 0 Å². The van der Waals surface area contributed by atoms with E-state index in [0.29, 0.717) is 11.4 Å². The van der Waals surface area contributed by atoms with Gasteiger partial charge in [-0.2, -0.15) is 0 Å². The van der Waals surface area contributed by atoms with Crippen molar-refractivity contribution in [1.29, 1.82) is 0 Å². The molecule has 1 aliphatic heterocycles. The van der Waals surface area contributed by atoms with Crippen molar-refractivity contribution in [3.63, 3.8) is 0 Å². The Kier molecular flexibility index (Phi) is 8.85. The van der Waals surface area contributed by atoms with Gasteiger partial charge in [0.15, 0.2) is 0 Å². The molecule has 3 aromatic rings. The fourth-order valence-corrected chi connectivity index (χ4v) is 4.20. The molecule has 0 bridgehead atoms. The molecule has 2 aromatic carbocycles. The van der Waals surface area contributed by atoms with Gasteiger partial charge in [-0.15, -0.1) is 0 Å². The fraction of sp³-hybridized carbons (Fsp3) is 0.241. The molecule has 0 spiro atoms. The third kappa shape index (κ3) is 6.32. The minimum absolute atomic E-state index is 0.000880. The van der Waals surface area contributed by atoms with Crippen molar-refractivity contribution in [3.8, 4) is 0 Å². The van der Waals surface area contributed by atoms with Crippen molar-refractivity contribution in [3.05, 3.63) is 89.7 Å². The van der Waals surface area contributed by atoms with Crippen molar-refractivity contribution in [2.75, 3.05) is 23.4 Å². The smallest absolute Gasteiger partial charge is 0.338 e. The number of carbonyl (C=O) groups is 5. The zero-order valence-corrected chi connectivity index (χ0v) is 22.0. The molecule has 40 heavy (non-hydrogen) atoms. The van der Waals surface area contributed by atoms with E-state index in [9.17, 15) is 24.0 Å². The summed E-state index contributed by atoms with van der Waals surface area (Å²) in [7, 11) is 0. The Bertz CT molecular complexity index is 1410. The first kappa shape index (κ1) is 28.0. The van der Waals surface area contributed by atoms with Crippen LogP contribution in [0.5, 0.6) is 0 Å². The summed E-state index contributed by atoms with van der Waals surface area (Å²) in [5, 5.41) is 2.69. The van der Waals surface area contributed by atoms with E-state index < -0.39 is 35.8 Å². The lowest BCUT2D eigenvalue weighted by molar-refractivity contribution is -0.124. The third-order valence-electron chi connectivity index (χ3n) is 6.05. The van der Waals surface area contributed by atoms with Crippen molar-refractivity contribution < 1.29 is 33.4 Å². The van der Waals surface area contributed by atoms with Crippen LogP contribution in [-0.2, 0) is 25.6 Å². The van der Waals surface area contributed by atoms with E-state index in [2.05, 4.69) is 10.3 Å². The maximum Gasteiger partial charge on any atom is 0.338 e. The van der Waals surface area contributed by atoms with Gasteiger partial charge < -0.3 is 19.7 Å². The number of rotatable bonds is 10. The highest BCUT2D eigenvalue weighted by molar-refractivity contribution is 6.22. The van der Waals surface area contributed by atoms with E-state index in [1.807, 2.05) is 0 Å². The monoisotopic (exact) mass is 544 g/mol. The molecule has 11 nitrogen and oxygen atoms in total. The van der Waals surface area contributed by atoms with Crippen LogP contribution in [0.3, 0.4) is 0 Å². The first-order valence-electron chi connectivity index (χ1n) is 12.7. The second-order valence-corrected chi connectivity index (χ2v) is 8.74. The lowest BCUT2D eigenvalue weighted by atomic mass is 10.1. The summed E-state index contributed by atoms with van der Waals surface area (Å²) in [4.78, 5) is 70.7. The predicted molar refractivity (Wildman–Crippen MR) is 144 cm³/mol. The molecule has 1 saturated heterocycles. The number of nitrogens with one attached hydrogen (secondary N) is 1. The first-order valence-corrected chi connectivity index (χ1v) is 12.7. The molecule has 4 amide bonds. The van der Waals surface area contributed by atoms with E-state index in [1.54, 1.807) is 56.4 Å². The van der Waals surface area contributed by atoms with Crippen LogP contribution in [0, 0.1) is 0 Å². The molecular formula is C29H28N4O7. The number of benzene rings is 2. The number of ether oxygens (including phenoxy) is 2. The number of esters is 2. The molecule has 1 aromatic heterocycles. The molecule has 2 heterocycles. The second kappa shape index (κ2) is 12.7. The zero-order chi connectivity index (χ0) is 28.6. The Morgan fingerprint density at radius 1 is 0.875 bits per heavy atom. The minimum atomic E-state index is -1.12. The zero-order valence-electron chi connectivity index (χ0n) is 22.0. The van der Waals surface area contributed by atoms with Gasteiger partial charge >= 0.3 is 18.0 Å². The van der Waals surface area contributed by atoms with Crippen LogP contribution in [0.2, 0.25) is 0 Å². The molecule has 11 heteroatoms. The predicted octanol–water partition coefficient (Wildman–Crippen LogP) is 3.80. The van der Waals surface area contributed by atoms with Gasteiger partial charge in [-0.3, -0.25) is 14.6 Å². The highest BCUT2D eigenvalue weighted by Gasteiger charge is 2.46. The summed E-state index contributed by atoms with van der Waals surface area (Å²) in [5.41, 5.74) is 1.67. The van der Waals surface area contributed by atoms with Crippen LogP contribution in [0.15, 0.2) is 72.9 Å². The Hall–Kier alpha value is -5.06. The van der Waals surface area contributed by atoms with Gasteiger partial charge in [0.1, 0.15) is 6.04 Å². The molecule has 0 radical (unpaired) electrons. The van der Waals surface area contributed by atoms with Gasteiger partial charge in [0.25, 0.3) is 5.91 Å². The molecule has 1 fully saturated rings. The average molecular weight is 545 g/mol. The minimum Gasteiger partial charge on any atom is -0.462 e. The highest BCUT2D eigenvalue weighted by atomic mass is 16.5. The third-order valence-corrected chi connectivity index (χ3v) is 6.05. The Balaban J connectivity index is 1.56. The second-order valence-electron chi connectivity index (χ2n) is 8.74. The Morgan fingerprint density at radius 3 is 2.23 bits per heavy atom. The number of carbonyl (C=O) groups excluding carboxylic acids is 5. The van der Waals surface area contributed by atoms with E-state index in [4.69, 9.17) is 9.47 Å². The molecule has 0 saturated carbocycles. The standard InChI is InChI=1S/C29H28N4O7/c1-3-39-27(36)19-11-13-23(14-12-19)33-26(35)24(32(29(33)38)18-22-9-5-6-15-30-22)17-25(34)31-21-10-7-8-20(16-21)28(37)40-4-2/h5-16,24H,3-4,17-18H2,1-2H3,(H,31,34)/t24-/m1/s1. The van der Waals surface area contributed by atoms with Gasteiger partial charge in [-0.25, -0.2) is 19.3 Å². The van der Waals surface area contributed by atoms with Gasteiger partial charge in [0.2, 0.25) is 5.91 Å². The van der Waals surface area contributed by atoms with E-state index >= 15 is 0 Å². The van der Waals surface area contributed by atoms with Gasteiger partial charge in [0.05, 0.1) is 48.7 Å². The van der Waals surface area contributed by atoms with Crippen LogP contribution in [-0.4, -0.2) is 58.9 Å². The number of hydrogen-bond donors (Lipinski definition) is 1. The quantitative estimate of drug-likeness (QED) is 0.301. The number of anilines is 2. The van der Waals surface area contributed by atoms with Crippen LogP contribution in [0.4, 0.5) is 16.2 Å². The maximum atomic E-state index is 13.6. The van der Waals surface area contributed by atoms with Gasteiger partial charge in [0, 0.05) is 11.9 Å². The molecule has 1 aliphatic rings. The molecule has 0 aliphatic carbocycles. The number of pyridine rings is 1. The molecule has 0 unspecified atom stereocenters. The largest absolute Gasteiger partial charge is 0.462 e. The normalized spacial score (nSPS) is 14.7. The Labute approximate surface area is 230 Å². The lowest BCUT2D eigenvalue weighted by Crippen LogP contribution is -2.37. The summed E-state index contributed by atoms with van der Waals surface area (Å²) in [6, 6.07) is 15.6. The molecular weight excluding hydrogens is 516 g/mol. The van der Waals surface area contributed by atoms with Crippen LogP contribution < -0.4 is 10.2 Å². The topological polar surface area (TPSA) is 135 Å². The maximum absolute atomic E-state index is 13.6. The van der Waals surface area contributed by atoms with E-state index in [-0.39, 0.29) is 43.0 Å². The molecule has 1 N–H and O–H groups in total. The fourth-order valence-electron chi connectivity index (χ4n) is 4.20. The number of imide groups is 1. The number of hydrogen-bond acceptors (Lipinski definition) is 8. The Morgan fingerprint density at radius 2 is 1.57 bits per heavy atom. The van der Waals surface area contributed by atoms with E-state index in [0.717, 1.165) is 4.90 Å². The first-order chi connectivity index (χ1) is 19.3. The summed E-state index contributed by atoms with van der Waals surface area (Å²) >= 11 is 0. The number of urea groups is 1. The van der Waals surface area contributed by atoms with Gasteiger partial charge in [-0.1, -0.05) is 12.1 Å². The molecule has 1 atom stereocenters. The summed E-state index contributed by atoms with van der Waals surface area (Å²) in [6.45, 7) is 3.80. The van der Waals surface area contributed by atoms with Crippen LogP contribution in [0.1, 0.15) is 46.7 Å². The average Bonchev–Trinajstić information content (AvgIpc) is 3.17. The lowest BCUT2D eigenvalue weighted by Gasteiger charge is -2.21. The van der Waals surface area contributed by atoms with Crippen molar-refractivity contribution >= 4 is 41.2 Å². The van der Waals surface area contributed by atoms with E-state index in [1.165, 1.54) is 35.2 Å². The van der Waals surface area contributed by atoms with Crippen LogP contribution >= 0.6 is 0 Å². The van der Waals surface area contributed by atoms with Gasteiger partial charge in [-0.05, 0) is 68.4 Å². The number of nitrogens with zero attached hydrogens (tertiary/aromatic N) is 3. The molecule has 4 rings (SSSR count). The highest BCUT2D eigenvalue weighted by Crippen LogP contribution is 2.29. The van der Waals surface area contributed by atoms with Crippen LogP contribution in [0.25, 0.3) is 0 Å². The van der Waals surface area contributed by atoms with Crippen molar-refractivity contribution in [2.45, 2.75) is 32.9 Å². The number of amides is 4. The van der Waals surface area contributed by atoms with Crippen molar-refractivity contribution in [1.82, 2.24) is 9.88 Å². The number of aromatic nitrogens is 1. The summed E-state index contributed by atoms with van der Waals surface area (Å²) < 4.78 is 9.99. The summed E-state index contributed by atoms with van der Waals surface area (Å²) in [6.07, 6.45) is 1.24. The SMILES string of the molecule is CCOC(=O)c1ccc(N2C(=O)[C@@H](CC(=O)Nc3cccc(C(=O)OCC)c3)N(Cc3ccccn3)C2=O)cc1.